The van der Waals surface area contributed by atoms with E-state index in [9.17, 15) is 0 Å². The number of hydrogen-bond acceptors (Lipinski definition) is 2. The van der Waals surface area contributed by atoms with Crippen LogP contribution >= 0.6 is 0 Å². The van der Waals surface area contributed by atoms with Crippen molar-refractivity contribution in [3.05, 3.63) is 41.5 Å². The second-order valence-corrected chi connectivity index (χ2v) is 7.00. The lowest BCUT2D eigenvalue weighted by molar-refractivity contribution is -0.238. The van der Waals surface area contributed by atoms with Gasteiger partial charge in [0.05, 0.1) is 12.7 Å². The molecule has 0 aliphatic carbocycles. The van der Waals surface area contributed by atoms with Crippen molar-refractivity contribution in [1.82, 2.24) is 0 Å². The summed E-state index contributed by atoms with van der Waals surface area (Å²) in [5.74, 6) is 0. The van der Waals surface area contributed by atoms with Crippen molar-refractivity contribution in [3.63, 3.8) is 0 Å². The Kier molecular flexibility index (Phi) is 6.22. The van der Waals surface area contributed by atoms with Gasteiger partial charge in [-0.05, 0) is 30.9 Å². The molecule has 0 amide bonds. The zero-order valence-corrected chi connectivity index (χ0v) is 14.5. The maximum absolute atomic E-state index is 6.18. The predicted octanol–water partition coefficient (Wildman–Crippen LogP) is 5.44. The maximum Gasteiger partial charge on any atom is 0.180 e. The molecular weight excluding hydrogens is 272 g/mol. The molecule has 2 rings (SSSR count). The Hall–Kier alpha value is -1.12. The van der Waals surface area contributed by atoms with Crippen LogP contribution in [0.5, 0.6) is 0 Å². The van der Waals surface area contributed by atoms with Crippen LogP contribution in [0.4, 0.5) is 0 Å². The molecule has 0 radical (unpaired) electrons. The van der Waals surface area contributed by atoms with E-state index in [1.54, 1.807) is 0 Å². The van der Waals surface area contributed by atoms with Gasteiger partial charge in [-0.1, -0.05) is 70.0 Å². The standard InChI is InChI=1S/C20H30O2/c1-5-6-8-13-18(14-17-11-9-7-10-12-17)19-21-15-20(3,4)16(2)22-19/h7,9-12,14,16,19H,5-6,8,13,15H2,1-4H3/b18-14+/t16-,19-/m0/s1. The van der Waals surface area contributed by atoms with Crippen LogP contribution in [-0.4, -0.2) is 19.0 Å². The van der Waals surface area contributed by atoms with Crippen molar-refractivity contribution in [2.75, 3.05) is 6.61 Å². The van der Waals surface area contributed by atoms with Gasteiger partial charge in [-0.3, -0.25) is 0 Å². The maximum atomic E-state index is 6.18. The lowest BCUT2D eigenvalue weighted by Crippen LogP contribution is -2.44. The molecule has 1 heterocycles. The van der Waals surface area contributed by atoms with Crippen LogP contribution < -0.4 is 0 Å². The van der Waals surface area contributed by atoms with Crippen molar-refractivity contribution in [3.8, 4) is 0 Å². The van der Waals surface area contributed by atoms with Gasteiger partial charge in [-0.15, -0.1) is 0 Å². The number of rotatable bonds is 6. The molecule has 1 aliphatic rings. The van der Waals surface area contributed by atoms with E-state index in [2.05, 4.69) is 58.0 Å². The molecule has 2 heteroatoms. The van der Waals surface area contributed by atoms with Gasteiger partial charge >= 0.3 is 0 Å². The highest BCUT2D eigenvalue weighted by molar-refractivity contribution is 5.53. The molecule has 0 N–H and O–H groups in total. The summed E-state index contributed by atoms with van der Waals surface area (Å²) in [5, 5.41) is 0. The van der Waals surface area contributed by atoms with Crippen LogP contribution in [-0.2, 0) is 9.47 Å². The molecule has 0 bridgehead atoms. The molecule has 1 fully saturated rings. The molecule has 2 atom stereocenters. The lowest BCUT2D eigenvalue weighted by Gasteiger charge is -2.41. The number of hydrogen-bond donors (Lipinski definition) is 0. The van der Waals surface area contributed by atoms with Crippen LogP contribution in [0.15, 0.2) is 35.9 Å². The smallest absolute Gasteiger partial charge is 0.180 e. The second kappa shape index (κ2) is 7.94. The van der Waals surface area contributed by atoms with E-state index >= 15 is 0 Å². The average Bonchev–Trinajstić information content (AvgIpc) is 2.50. The van der Waals surface area contributed by atoms with Gasteiger partial charge in [0.25, 0.3) is 0 Å². The van der Waals surface area contributed by atoms with E-state index in [0.29, 0.717) is 0 Å². The SMILES string of the molecule is CCCCC/C(=C\c1ccccc1)[C@H]1OCC(C)(C)[C@H](C)O1. The van der Waals surface area contributed by atoms with Crippen molar-refractivity contribution in [2.45, 2.75) is 65.8 Å². The van der Waals surface area contributed by atoms with Crippen molar-refractivity contribution < 1.29 is 9.47 Å². The van der Waals surface area contributed by atoms with E-state index in [1.165, 1.54) is 30.4 Å². The summed E-state index contributed by atoms with van der Waals surface area (Å²) < 4.78 is 12.2. The highest BCUT2D eigenvalue weighted by atomic mass is 16.7. The molecule has 0 aromatic heterocycles. The summed E-state index contributed by atoms with van der Waals surface area (Å²) in [6.07, 6.45) is 6.97. The van der Waals surface area contributed by atoms with Crippen LogP contribution in [0.25, 0.3) is 6.08 Å². The zero-order valence-electron chi connectivity index (χ0n) is 14.5. The molecule has 122 valence electrons. The third-order valence-electron chi connectivity index (χ3n) is 4.56. The molecular formula is C20H30O2. The lowest BCUT2D eigenvalue weighted by atomic mass is 9.87. The van der Waals surface area contributed by atoms with Crippen LogP contribution in [0.1, 0.15) is 58.9 Å². The molecule has 1 saturated heterocycles. The fourth-order valence-corrected chi connectivity index (χ4v) is 2.61. The quantitative estimate of drug-likeness (QED) is 0.652. The molecule has 1 aromatic rings. The number of unbranched alkanes of at least 4 members (excludes halogenated alkanes) is 2. The van der Waals surface area contributed by atoms with Crippen LogP contribution in [0, 0.1) is 5.41 Å². The van der Waals surface area contributed by atoms with E-state index in [1.807, 2.05) is 6.07 Å². The Morgan fingerprint density at radius 3 is 2.59 bits per heavy atom. The Morgan fingerprint density at radius 2 is 1.95 bits per heavy atom. The molecule has 2 nitrogen and oxygen atoms in total. The minimum absolute atomic E-state index is 0.0811. The summed E-state index contributed by atoms with van der Waals surface area (Å²) >= 11 is 0. The molecule has 22 heavy (non-hydrogen) atoms. The van der Waals surface area contributed by atoms with E-state index in [-0.39, 0.29) is 17.8 Å². The van der Waals surface area contributed by atoms with Crippen LogP contribution in [0.2, 0.25) is 0 Å². The topological polar surface area (TPSA) is 18.5 Å². The first kappa shape index (κ1) is 17.2. The number of benzene rings is 1. The minimum Gasteiger partial charge on any atom is -0.348 e. The fourth-order valence-electron chi connectivity index (χ4n) is 2.61. The van der Waals surface area contributed by atoms with E-state index < -0.39 is 0 Å². The van der Waals surface area contributed by atoms with Gasteiger partial charge in [0.15, 0.2) is 6.29 Å². The Bertz CT molecular complexity index is 476. The second-order valence-electron chi connectivity index (χ2n) is 7.00. The Labute approximate surface area is 135 Å². The van der Waals surface area contributed by atoms with Crippen LogP contribution in [0.3, 0.4) is 0 Å². The molecule has 0 spiro atoms. The third kappa shape index (κ3) is 4.69. The average molecular weight is 302 g/mol. The van der Waals surface area contributed by atoms with Gasteiger partial charge in [0.1, 0.15) is 0 Å². The first-order valence-corrected chi connectivity index (χ1v) is 8.55. The highest BCUT2D eigenvalue weighted by Crippen LogP contribution is 2.33. The first-order chi connectivity index (χ1) is 10.5. The molecule has 1 aromatic carbocycles. The van der Waals surface area contributed by atoms with Gasteiger partial charge in [0, 0.05) is 5.41 Å². The van der Waals surface area contributed by atoms with E-state index in [0.717, 1.165) is 13.0 Å². The molecule has 0 unspecified atom stereocenters. The summed E-state index contributed by atoms with van der Waals surface area (Å²) in [6.45, 7) is 9.54. The van der Waals surface area contributed by atoms with E-state index in [4.69, 9.17) is 9.47 Å². The Balaban J connectivity index is 2.12. The predicted molar refractivity (Wildman–Crippen MR) is 92.6 cm³/mol. The highest BCUT2D eigenvalue weighted by Gasteiger charge is 2.36. The summed E-state index contributed by atoms with van der Waals surface area (Å²) in [4.78, 5) is 0. The van der Waals surface area contributed by atoms with Crippen molar-refractivity contribution in [1.29, 1.82) is 0 Å². The van der Waals surface area contributed by atoms with Gasteiger partial charge < -0.3 is 9.47 Å². The minimum atomic E-state index is -0.194. The third-order valence-corrected chi connectivity index (χ3v) is 4.56. The zero-order chi connectivity index (χ0) is 16.0. The fraction of sp³-hybridized carbons (Fsp3) is 0.600. The number of ether oxygens (including phenoxy) is 2. The van der Waals surface area contributed by atoms with Gasteiger partial charge in [0.2, 0.25) is 0 Å². The van der Waals surface area contributed by atoms with Gasteiger partial charge in [-0.25, -0.2) is 0 Å². The normalized spacial score (nSPS) is 25.2. The Morgan fingerprint density at radius 1 is 1.23 bits per heavy atom. The summed E-state index contributed by atoms with van der Waals surface area (Å²) in [7, 11) is 0. The molecule has 0 saturated carbocycles. The van der Waals surface area contributed by atoms with Crippen molar-refractivity contribution in [2.24, 2.45) is 5.41 Å². The van der Waals surface area contributed by atoms with Gasteiger partial charge in [-0.2, -0.15) is 0 Å². The summed E-state index contributed by atoms with van der Waals surface area (Å²) in [6, 6.07) is 10.5. The first-order valence-electron chi connectivity index (χ1n) is 8.55. The monoisotopic (exact) mass is 302 g/mol. The van der Waals surface area contributed by atoms with Crippen molar-refractivity contribution >= 4 is 6.08 Å². The summed E-state index contributed by atoms with van der Waals surface area (Å²) in [5.41, 5.74) is 2.57. The molecule has 1 aliphatic heterocycles. The largest absolute Gasteiger partial charge is 0.348 e.